The first-order valence-electron chi connectivity index (χ1n) is 8.07. The van der Waals surface area contributed by atoms with Gasteiger partial charge in [-0.25, -0.2) is 0 Å². The van der Waals surface area contributed by atoms with Crippen molar-refractivity contribution in [2.45, 2.75) is 90.8 Å². The van der Waals surface area contributed by atoms with Gasteiger partial charge in [-0.3, -0.25) is 0 Å². The van der Waals surface area contributed by atoms with Gasteiger partial charge in [0.2, 0.25) is 0 Å². The Morgan fingerprint density at radius 2 is 0.941 bits per heavy atom. The van der Waals surface area contributed by atoms with Crippen LogP contribution in [0.25, 0.3) is 0 Å². The molecule has 0 atom stereocenters. The first-order chi connectivity index (χ1) is 8.07. The molecule has 104 valence electrons. The lowest BCUT2D eigenvalue weighted by Crippen LogP contribution is -2.69. The maximum atomic E-state index is 2.56. The van der Waals surface area contributed by atoms with Gasteiger partial charge >= 0.3 is 0 Å². The third-order valence-corrected chi connectivity index (χ3v) is 48.8. The van der Waals surface area contributed by atoms with Crippen molar-refractivity contribution in [1.82, 2.24) is 0 Å². The van der Waals surface area contributed by atoms with Crippen LogP contribution in [0.1, 0.15) is 48.5 Å². The molecule has 0 fully saturated rings. The highest BCUT2D eigenvalue weighted by molar-refractivity contribution is 7.65. The van der Waals surface area contributed by atoms with E-state index in [1.54, 1.807) is 42.3 Å². The van der Waals surface area contributed by atoms with E-state index in [-0.39, 0.29) is 0 Å². The Kier molecular flexibility index (Phi) is 8.25. The second kappa shape index (κ2) is 7.95. The van der Waals surface area contributed by atoms with Gasteiger partial charge in [0, 0.05) is 23.0 Å². The first-order valence-corrected chi connectivity index (χ1v) is 17.6. The highest BCUT2D eigenvalue weighted by atomic mass is 29.6. The minimum absolute atomic E-state index is 0.420. The average molecular weight is 289 g/mol. The van der Waals surface area contributed by atoms with Gasteiger partial charge in [-0.2, -0.15) is 0 Å². The Bertz CT molecular complexity index is 183. The zero-order chi connectivity index (χ0) is 13.5. The van der Waals surface area contributed by atoms with Crippen LogP contribution in [0.15, 0.2) is 0 Å². The quantitative estimate of drug-likeness (QED) is 0.498. The summed E-state index contributed by atoms with van der Waals surface area (Å²) in [7, 11) is -2.20. The van der Waals surface area contributed by atoms with Crippen molar-refractivity contribution >= 4 is 23.0 Å². The summed E-state index contributed by atoms with van der Waals surface area (Å²) >= 11 is 0. The maximum absolute atomic E-state index is 2.56. The molecular weight excluding hydrogens is 252 g/mol. The van der Waals surface area contributed by atoms with Crippen molar-refractivity contribution in [3.8, 4) is 0 Å². The Morgan fingerprint density at radius 3 is 1.12 bits per heavy atom. The molecule has 0 radical (unpaired) electrons. The lowest BCUT2D eigenvalue weighted by molar-refractivity contribution is 1.17. The summed E-state index contributed by atoms with van der Waals surface area (Å²) in [5, 5.41) is 0. The van der Waals surface area contributed by atoms with Gasteiger partial charge in [-0.05, 0) is 0 Å². The minimum atomic E-state index is -0.902. The summed E-state index contributed by atoms with van der Waals surface area (Å²) in [6, 6.07) is 11.1. The Morgan fingerprint density at radius 1 is 0.588 bits per heavy atom. The summed E-state index contributed by atoms with van der Waals surface area (Å²) in [4.78, 5) is 0. The molecule has 0 rings (SSSR count). The van der Waals surface area contributed by atoms with Gasteiger partial charge in [0.25, 0.3) is 0 Å². The summed E-state index contributed by atoms with van der Waals surface area (Å²) in [6.07, 6.45) is 0. The first kappa shape index (κ1) is 17.7. The van der Waals surface area contributed by atoms with Gasteiger partial charge in [-0.1, -0.05) is 90.8 Å². The molecule has 0 aromatic rings. The van der Waals surface area contributed by atoms with E-state index >= 15 is 0 Å². The molecule has 0 N–H and O–H groups in total. The van der Waals surface area contributed by atoms with Crippen LogP contribution in [-0.4, -0.2) is 23.0 Å². The van der Waals surface area contributed by atoms with Crippen LogP contribution in [0.5, 0.6) is 0 Å². The summed E-state index contributed by atoms with van der Waals surface area (Å²) in [6.45, 7) is 17.7. The van der Waals surface area contributed by atoms with Gasteiger partial charge < -0.3 is 0 Å². The molecule has 3 heteroatoms. The molecule has 0 aromatic carbocycles. The highest BCUT2D eigenvalue weighted by Gasteiger charge is 2.52. The topological polar surface area (TPSA) is 0 Å². The van der Waals surface area contributed by atoms with Crippen LogP contribution < -0.4 is 0 Å². The van der Waals surface area contributed by atoms with Crippen molar-refractivity contribution < 1.29 is 0 Å². The van der Waals surface area contributed by atoms with E-state index in [2.05, 4.69) is 48.5 Å². The molecule has 0 aliphatic rings. The summed E-state index contributed by atoms with van der Waals surface area (Å²) in [5.74, 6) is 0. The van der Waals surface area contributed by atoms with Crippen molar-refractivity contribution in [3.63, 3.8) is 0 Å². The third kappa shape index (κ3) is 2.98. The fraction of sp³-hybridized carbons (Fsp3) is 1.00. The standard InChI is InChI=1S/C14H36Si3/c1-8-15(9-2)17(13-6,14-7)16(10-3,11-4)12-5/h15H,8-14H2,1-7H3. The van der Waals surface area contributed by atoms with Gasteiger partial charge in [0.05, 0.1) is 0 Å². The highest BCUT2D eigenvalue weighted by Crippen LogP contribution is 2.39. The molecule has 0 bridgehead atoms. The molecule has 0 aliphatic carbocycles. The molecule has 0 spiro atoms. The predicted molar refractivity (Wildman–Crippen MR) is 92.0 cm³/mol. The van der Waals surface area contributed by atoms with Crippen molar-refractivity contribution in [1.29, 1.82) is 0 Å². The number of rotatable bonds is 9. The van der Waals surface area contributed by atoms with Gasteiger partial charge in [0.1, 0.15) is 0 Å². The molecule has 0 aliphatic heterocycles. The predicted octanol–water partition coefficient (Wildman–Crippen LogP) is 5.41. The van der Waals surface area contributed by atoms with Crippen LogP contribution in [0.3, 0.4) is 0 Å². The Hall–Kier alpha value is 0.651. The fourth-order valence-corrected chi connectivity index (χ4v) is 53.2. The molecule has 0 aromatic heterocycles. The van der Waals surface area contributed by atoms with Gasteiger partial charge in [-0.15, -0.1) is 0 Å². The number of hydrogen-bond acceptors (Lipinski definition) is 0. The van der Waals surface area contributed by atoms with Crippen LogP contribution in [0.2, 0.25) is 42.3 Å². The fourth-order valence-electron chi connectivity index (χ4n) is 4.89. The molecule has 17 heavy (non-hydrogen) atoms. The van der Waals surface area contributed by atoms with E-state index in [1.165, 1.54) is 0 Å². The van der Waals surface area contributed by atoms with E-state index in [4.69, 9.17) is 0 Å². The molecule has 0 saturated heterocycles. The van der Waals surface area contributed by atoms with Crippen LogP contribution in [-0.2, 0) is 0 Å². The lowest BCUT2D eigenvalue weighted by atomic mass is 10.9. The molecule has 0 saturated carbocycles. The maximum Gasteiger partial charge on any atom is 0.0441 e. The molecule has 0 unspecified atom stereocenters. The smallest absolute Gasteiger partial charge is 0.0441 e. The Balaban J connectivity index is 5.56. The van der Waals surface area contributed by atoms with Crippen LogP contribution in [0.4, 0.5) is 0 Å². The summed E-state index contributed by atoms with van der Waals surface area (Å²) < 4.78 is 0. The number of hydrogen-bond donors (Lipinski definition) is 0. The Labute approximate surface area is 114 Å². The second-order valence-corrected chi connectivity index (χ2v) is 30.8. The lowest BCUT2D eigenvalue weighted by Gasteiger charge is -2.51. The van der Waals surface area contributed by atoms with Crippen LogP contribution >= 0.6 is 0 Å². The summed E-state index contributed by atoms with van der Waals surface area (Å²) in [5.41, 5.74) is 0. The zero-order valence-corrected chi connectivity index (χ0v) is 16.7. The zero-order valence-electron chi connectivity index (χ0n) is 13.5. The molecule has 0 nitrogen and oxygen atoms in total. The van der Waals surface area contributed by atoms with Crippen molar-refractivity contribution in [2.24, 2.45) is 0 Å². The normalized spacial score (nSPS) is 13.4. The molecular formula is C14H36Si3. The van der Waals surface area contributed by atoms with Gasteiger partial charge in [0.15, 0.2) is 0 Å². The van der Waals surface area contributed by atoms with E-state index < -0.39 is 23.0 Å². The van der Waals surface area contributed by atoms with Crippen molar-refractivity contribution in [3.05, 3.63) is 0 Å². The van der Waals surface area contributed by atoms with Crippen molar-refractivity contribution in [2.75, 3.05) is 0 Å². The van der Waals surface area contributed by atoms with E-state index in [1.807, 2.05) is 0 Å². The van der Waals surface area contributed by atoms with Crippen LogP contribution in [0, 0.1) is 0 Å². The average Bonchev–Trinajstić information content (AvgIpc) is 2.40. The molecule has 0 amide bonds. The molecule has 0 heterocycles. The van der Waals surface area contributed by atoms with E-state index in [0.29, 0.717) is 0 Å². The monoisotopic (exact) mass is 288 g/mol. The minimum Gasteiger partial charge on any atom is -0.0682 e. The second-order valence-electron chi connectivity index (χ2n) is 5.72. The SMILES string of the molecule is CC[SiH](CC)[Si](CC)(CC)[Si](CC)(CC)CC. The van der Waals surface area contributed by atoms with E-state index in [9.17, 15) is 0 Å². The third-order valence-electron chi connectivity index (χ3n) is 6.12. The largest absolute Gasteiger partial charge is 0.0682 e. The van der Waals surface area contributed by atoms with E-state index in [0.717, 1.165) is 0 Å².